The van der Waals surface area contributed by atoms with Crippen LogP contribution in [0.3, 0.4) is 0 Å². The van der Waals surface area contributed by atoms with Crippen molar-refractivity contribution in [1.82, 2.24) is 13.7 Å². The number of hydrogen-bond acceptors (Lipinski definition) is 0. The van der Waals surface area contributed by atoms with E-state index in [0.717, 1.165) is 17.1 Å². The van der Waals surface area contributed by atoms with Gasteiger partial charge in [0.2, 0.25) is 0 Å². The fraction of sp³-hybridized carbons (Fsp3) is 0. The molecule has 0 radical (unpaired) electrons. The normalized spacial score (nSPS) is 12.0. The molecular weight excluding hydrogens is 863 g/mol. The highest BCUT2D eigenvalue weighted by Crippen LogP contribution is 2.42. The smallest absolute Gasteiger partial charge is 0.179 e. The summed E-state index contributed by atoms with van der Waals surface area (Å²) in [5.74, 6) is 0. The summed E-state index contributed by atoms with van der Waals surface area (Å²) < 4.78 is 7.36. The quantitative estimate of drug-likeness (QED) is 0.107. The highest BCUT2D eigenvalue weighted by Gasteiger charge is 2.41. The van der Waals surface area contributed by atoms with E-state index in [1.807, 2.05) is 0 Å². The minimum Gasteiger partial charge on any atom is -0.309 e. The zero-order valence-corrected chi connectivity index (χ0v) is 39.3. The first-order valence-electron chi connectivity index (χ1n) is 24.2. The van der Waals surface area contributed by atoms with Crippen LogP contribution in [-0.2, 0) is 0 Å². The summed E-state index contributed by atoms with van der Waals surface area (Å²) in [5.41, 5.74) is 13.0. The lowest BCUT2D eigenvalue weighted by molar-refractivity contribution is 1.17. The maximum atomic E-state index is 2.51. The Morgan fingerprint density at radius 1 is 0.229 bits per heavy atom. The van der Waals surface area contributed by atoms with Crippen molar-refractivity contribution in [3.05, 3.63) is 273 Å². The molecule has 11 aromatic carbocycles. The zero-order valence-electron chi connectivity index (χ0n) is 38.3. The van der Waals surface area contributed by atoms with Crippen LogP contribution >= 0.6 is 0 Å². The molecule has 14 rings (SSSR count). The van der Waals surface area contributed by atoms with E-state index in [-0.39, 0.29) is 0 Å². The van der Waals surface area contributed by atoms with Gasteiger partial charge < -0.3 is 13.7 Å². The molecule has 3 heterocycles. The molecule has 0 aliphatic rings. The predicted molar refractivity (Wildman–Crippen MR) is 299 cm³/mol. The second kappa shape index (κ2) is 16.1. The number of para-hydroxylation sites is 4. The molecule has 0 saturated carbocycles. The third kappa shape index (κ3) is 6.00. The van der Waals surface area contributed by atoms with Gasteiger partial charge in [0.25, 0.3) is 0 Å². The molecule has 0 aliphatic carbocycles. The molecule has 0 aliphatic heterocycles. The zero-order chi connectivity index (χ0) is 46.2. The Hall–Kier alpha value is -8.96. The lowest BCUT2D eigenvalue weighted by Crippen LogP contribution is -2.74. The van der Waals surface area contributed by atoms with Gasteiger partial charge in [-0.2, -0.15) is 0 Å². The van der Waals surface area contributed by atoms with Crippen LogP contribution in [0.5, 0.6) is 0 Å². The molecule has 0 amide bonds. The predicted octanol–water partition coefficient (Wildman–Crippen LogP) is 14.0. The van der Waals surface area contributed by atoms with Gasteiger partial charge in [-0.3, -0.25) is 0 Å². The van der Waals surface area contributed by atoms with E-state index in [0.29, 0.717) is 0 Å². The second-order valence-corrected chi connectivity index (χ2v) is 22.2. The van der Waals surface area contributed by atoms with E-state index in [1.54, 1.807) is 0 Å². The molecule has 14 aromatic rings. The molecule has 3 aromatic heterocycles. The number of fused-ring (bicyclic) bond motifs is 9. The third-order valence-electron chi connectivity index (χ3n) is 14.8. The van der Waals surface area contributed by atoms with Gasteiger partial charge in [0, 0.05) is 43.7 Å². The highest BCUT2D eigenvalue weighted by atomic mass is 28.3. The largest absolute Gasteiger partial charge is 0.309 e. The summed E-state index contributed by atoms with van der Waals surface area (Å²) in [5, 5.41) is 12.9. The fourth-order valence-corrected chi connectivity index (χ4v) is 16.6. The summed E-state index contributed by atoms with van der Waals surface area (Å²) in [4.78, 5) is 0. The first-order valence-corrected chi connectivity index (χ1v) is 26.2. The summed E-state index contributed by atoms with van der Waals surface area (Å²) in [7, 11) is -2.69. The van der Waals surface area contributed by atoms with Crippen LogP contribution in [0.4, 0.5) is 0 Å². The van der Waals surface area contributed by atoms with Gasteiger partial charge in [-0.05, 0) is 105 Å². The molecule has 0 spiro atoms. The SMILES string of the molecule is c1ccc(-n2c3ccccc3c3cc(-c4ccc5c6ccccc6n(-c6cccc7c6c6ccccc6n7-c6ccc([Si](c7ccccc7)(c7ccccc7)c7ccccc7)cc6)c5c4)ccc32)cc1. The second-order valence-electron chi connectivity index (χ2n) is 18.4. The topological polar surface area (TPSA) is 14.8 Å². The lowest BCUT2D eigenvalue weighted by Gasteiger charge is -2.34. The molecule has 0 bridgehead atoms. The molecule has 0 unspecified atom stereocenters. The average Bonchev–Trinajstić information content (AvgIpc) is 4.08. The van der Waals surface area contributed by atoms with Gasteiger partial charge in [-0.1, -0.05) is 200 Å². The monoisotopic (exact) mass is 907 g/mol. The van der Waals surface area contributed by atoms with Gasteiger partial charge in [-0.15, -0.1) is 0 Å². The van der Waals surface area contributed by atoms with E-state index in [4.69, 9.17) is 0 Å². The average molecular weight is 908 g/mol. The molecule has 0 N–H and O–H groups in total. The number of benzene rings is 11. The Labute approximate surface area is 407 Å². The van der Waals surface area contributed by atoms with E-state index < -0.39 is 8.07 Å². The van der Waals surface area contributed by atoms with Crippen molar-refractivity contribution in [2.45, 2.75) is 0 Å². The minimum absolute atomic E-state index is 1.14. The minimum atomic E-state index is -2.69. The van der Waals surface area contributed by atoms with Crippen molar-refractivity contribution in [1.29, 1.82) is 0 Å². The van der Waals surface area contributed by atoms with Gasteiger partial charge >= 0.3 is 0 Å². The summed E-state index contributed by atoms with van der Waals surface area (Å²) in [6.45, 7) is 0. The van der Waals surface area contributed by atoms with Crippen molar-refractivity contribution in [2.24, 2.45) is 0 Å². The Bertz CT molecular complexity index is 4170. The van der Waals surface area contributed by atoms with E-state index in [9.17, 15) is 0 Å². The van der Waals surface area contributed by atoms with E-state index >= 15 is 0 Å². The molecule has 0 fully saturated rings. The summed E-state index contributed by atoms with van der Waals surface area (Å²) in [6, 6.07) is 101. The van der Waals surface area contributed by atoms with Gasteiger partial charge in [0.15, 0.2) is 8.07 Å². The van der Waals surface area contributed by atoms with Crippen LogP contribution in [0, 0.1) is 0 Å². The third-order valence-corrected chi connectivity index (χ3v) is 19.6. The van der Waals surface area contributed by atoms with Crippen LogP contribution in [-0.4, -0.2) is 21.8 Å². The van der Waals surface area contributed by atoms with Crippen molar-refractivity contribution in [3.63, 3.8) is 0 Å². The first kappa shape index (κ1) is 40.1. The molecule has 0 atom stereocenters. The Morgan fingerprint density at radius 3 is 1.27 bits per heavy atom. The van der Waals surface area contributed by atoms with Crippen molar-refractivity contribution in [3.8, 4) is 28.2 Å². The van der Waals surface area contributed by atoms with Crippen LogP contribution in [0.15, 0.2) is 273 Å². The summed E-state index contributed by atoms with van der Waals surface area (Å²) in [6.07, 6.45) is 0. The van der Waals surface area contributed by atoms with Crippen molar-refractivity contribution < 1.29 is 0 Å². The van der Waals surface area contributed by atoms with Gasteiger partial charge in [-0.25, -0.2) is 0 Å². The van der Waals surface area contributed by atoms with E-state index in [2.05, 4.69) is 287 Å². The molecule has 4 heteroatoms. The number of hydrogen-bond donors (Lipinski definition) is 0. The first-order chi connectivity index (χ1) is 34.8. The fourth-order valence-electron chi connectivity index (χ4n) is 11.8. The lowest BCUT2D eigenvalue weighted by atomic mass is 10.0. The van der Waals surface area contributed by atoms with Crippen LogP contribution < -0.4 is 20.7 Å². The Morgan fingerprint density at radius 2 is 0.643 bits per heavy atom. The maximum Gasteiger partial charge on any atom is 0.179 e. The molecule has 328 valence electrons. The van der Waals surface area contributed by atoms with Crippen molar-refractivity contribution in [2.75, 3.05) is 0 Å². The van der Waals surface area contributed by atoms with Crippen LogP contribution in [0.1, 0.15) is 0 Å². The van der Waals surface area contributed by atoms with E-state index in [1.165, 1.54) is 97.3 Å². The molecule has 3 nitrogen and oxygen atoms in total. The number of rotatable bonds is 8. The van der Waals surface area contributed by atoms with Crippen molar-refractivity contribution >= 4 is 94.2 Å². The molecule has 70 heavy (non-hydrogen) atoms. The summed E-state index contributed by atoms with van der Waals surface area (Å²) >= 11 is 0. The van der Waals surface area contributed by atoms with Crippen LogP contribution in [0.25, 0.3) is 93.6 Å². The maximum absolute atomic E-state index is 2.69. The molecular formula is C66H45N3Si. The Balaban J connectivity index is 0.955. The number of aromatic nitrogens is 3. The van der Waals surface area contributed by atoms with Crippen LogP contribution in [0.2, 0.25) is 0 Å². The van der Waals surface area contributed by atoms with Gasteiger partial charge in [0.1, 0.15) is 0 Å². The highest BCUT2D eigenvalue weighted by molar-refractivity contribution is 7.19. The van der Waals surface area contributed by atoms with Gasteiger partial charge in [0.05, 0.1) is 38.8 Å². The number of nitrogens with zero attached hydrogens (tertiary/aromatic N) is 3. The standard InChI is InChI=1S/C66H45N3Si/c1-5-20-48(21-6-1)67-59-31-16-14-29-55(59)58-44-46(37-43-62(58)67)47-36-42-56-54-28-13-17-32-60(54)69(65(56)45-47)64-35-19-34-63-66(64)57-30-15-18-33-61(57)68(63)49-38-40-53(41-39-49)70(50-22-7-2-8-23-50,51-24-9-3-10-25-51)52-26-11-4-12-27-52/h1-45H. The molecule has 0 saturated heterocycles. The Kier molecular flexibility index (Phi) is 9.23.